The van der Waals surface area contributed by atoms with Crippen LogP contribution in [-0.2, 0) is 14.6 Å². The number of aromatic nitrogens is 2. The number of sulfone groups is 1. The van der Waals surface area contributed by atoms with Gasteiger partial charge in [0.05, 0.1) is 40.4 Å². The average Bonchev–Trinajstić information content (AvgIpc) is 3.55. The zero-order valence-electron chi connectivity index (χ0n) is 21.2. The van der Waals surface area contributed by atoms with Crippen LogP contribution in [0.1, 0.15) is 32.3 Å². The highest BCUT2D eigenvalue weighted by Crippen LogP contribution is 2.38. The Morgan fingerprint density at radius 3 is 2.55 bits per heavy atom. The first-order chi connectivity index (χ1) is 18.2. The van der Waals surface area contributed by atoms with Crippen molar-refractivity contribution in [3.8, 4) is 22.7 Å². The number of ether oxygens (including phenoxy) is 1. The highest BCUT2D eigenvalue weighted by atomic mass is 32.2. The third kappa shape index (κ3) is 5.87. The number of hydrogen-bond acceptors (Lipinski definition) is 7. The van der Waals surface area contributed by atoms with Gasteiger partial charge in [0.25, 0.3) is 5.91 Å². The quantitative estimate of drug-likeness (QED) is 0.268. The molecule has 10 heteroatoms. The number of thioether (sulfide) groups is 1. The summed E-state index contributed by atoms with van der Waals surface area (Å²) in [5.41, 5.74) is 3.27. The van der Waals surface area contributed by atoms with Crippen molar-refractivity contribution >= 4 is 50.1 Å². The van der Waals surface area contributed by atoms with E-state index in [1.54, 1.807) is 10.8 Å². The van der Waals surface area contributed by atoms with Gasteiger partial charge in [0.2, 0.25) is 0 Å². The summed E-state index contributed by atoms with van der Waals surface area (Å²) in [4.78, 5) is 15.3. The molecule has 2 aliphatic heterocycles. The van der Waals surface area contributed by atoms with Gasteiger partial charge in [0, 0.05) is 17.3 Å². The van der Waals surface area contributed by atoms with Crippen molar-refractivity contribution in [1.82, 2.24) is 14.7 Å². The molecule has 0 unspecified atom stereocenters. The van der Waals surface area contributed by atoms with Crippen LogP contribution >= 0.6 is 24.0 Å². The molecule has 5 rings (SSSR count). The van der Waals surface area contributed by atoms with Crippen molar-refractivity contribution < 1.29 is 17.9 Å². The molecule has 1 amide bonds. The van der Waals surface area contributed by atoms with Crippen LogP contribution in [0.4, 0.5) is 0 Å². The molecule has 1 aromatic heterocycles. The zero-order valence-corrected chi connectivity index (χ0v) is 23.7. The van der Waals surface area contributed by atoms with E-state index in [9.17, 15) is 13.2 Å². The fraction of sp³-hybridized carbons (Fsp3) is 0.321. The first-order valence-corrected chi connectivity index (χ1v) is 15.6. The van der Waals surface area contributed by atoms with E-state index in [4.69, 9.17) is 22.1 Å². The number of amides is 1. The van der Waals surface area contributed by atoms with Crippen molar-refractivity contribution in [3.63, 3.8) is 0 Å². The normalized spacial score (nSPS) is 20.1. The van der Waals surface area contributed by atoms with E-state index in [0.29, 0.717) is 28.2 Å². The van der Waals surface area contributed by atoms with Crippen LogP contribution in [0.25, 0.3) is 23.0 Å². The van der Waals surface area contributed by atoms with Crippen LogP contribution in [0.3, 0.4) is 0 Å². The second-order valence-electron chi connectivity index (χ2n) is 9.88. The minimum absolute atomic E-state index is 0.0461. The van der Waals surface area contributed by atoms with Crippen molar-refractivity contribution in [2.45, 2.75) is 32.7 Å². The van der Waals surface area contributed by atoms with Gasteiger partial charge < -0.3 is 4.74 Å². The molecule has 2 fully saturated rings. The maximum Gasteiger partial charge on any atom is 0.266 e. The van der Waals surface area contributed by atoms with E-state index in [1.807, 2.05) is 60.8 Å². The molecule has 38 heavy (non-hydrogen) atoms. The zero-order chi connectivity index (χ0) is 26.9. The molecule has 2 aromatic carbocycles. The second kappa shape index (κ2) is 11.0. The van der Waals surface area contributed by atoms with Crippen LogP contribution in [0.15, 0.2) is 65.7 Å². The minimum Gasteiger partial charge on any atom is -0.494 e. The number of rotatable bonds is 8. The third-order valence-corrected chi connectivity index (χ3v) is 9.62. The lowest BCUT2D eigenvalue weighted by Crippen LogP contribution is -2.39. The molecule has 0 saturated carbocycles. The standard InChI is InChI=1S/C28H29N3O4S3/c1-19(2)12-14-35-24-10-8-20(9-11-24)26-21(17-30(29-26)22-6-4-3-5-7-22)16-25-27(32)31(28(36)37-25)23-13-15-38(33,34)18-23/h3-11,16-17,19,23H,12-15,18H2,1-2H3/b25-16-/t23-/m1/s1. The van der Waals surface area contributed by atoms with E-state index in [2.05, 4.69) is 13.8 Å². The molecule has 198 valence electrons. The first-order valence-electron chi connectivity index (χ1n) is 12.6. The molecular formula is C28H29N3O4S3. The van der Waals surface area contributed by atoms with Gasteiger partial charge in [0.15, 0.2) is 9.84 Å². The topological polar surface area (TPSA) is 81.5 Å². The molecule has 1 atom stereocenters. The summed E-state index contributed by atoms with van der Waals surface area (Å²) in [7, 11) is -3.15. The van der Waals surface area contributed by atoms with E-state index in [-0.39, 0.29) is 17.4 Å². The van der Waals surface area contributed by atoms with E-state index < -0.39 is 15.9 Å². The molecule has 0 aliphatic carbocycles. The van der Waals surface area contributed by atoms with E-state index >= 15 is 0 Å². The molecule has 0 N–H and O–H groups in total. The summed E-state index contributed by atoms with van der Waals surface area (Å²) in [5, 5.41) is 4.85. The monoisotopic (exact) mass is 567 g/mol. The number of carbonyl (C=O) groups is 1. The van der Waals surface area contributed by atoms with Crippen LogP contribution in [0.5, 0.6) is 5.75 Å². The molecule has 2 saturated heterocycles. The van der Waals surface area contributed by atoms with Gasteiger partial charge in [0.1, 0.15) is 10.1 Å². The molecule has 3 heterocycles. The molecule has 0 spiro atoms. The predicted molar refractivity (Wildman–Crippen MR) is 156 cm³/mol. The Kier molecular flexibility index (Phi) is 7.74. The summed E-state index contributed by atoms with van der Waals surface area (Å²) in [6.07, 6.45) is 5.09. The van der Waals surface area contributed by atoms with Gasteiger partial charge in [-0.2, -0.15) is 5.10 Å². The van der Waals surface area contributed by atoms with Crippen molar-refractivity contribution in [3.05, 3.63) is 71.3 Å². The largest absolute Gasteiger partial charge is 0.494 e. The smallest absolute Gasteiger partial charge is 0.266 e. The predicted octanol–water partition coefficient (Wildman–Crippen LogP) is 5.35. The Bertz CT molecular complexity index is 1480. The number of hydrogen-bond donors (Lipinski definition) is 0. The SMILES string of the molecule is CC(C)CCOc1ccc(-c2nn(-c3ccccc3)cc2/C=C2\SC(=S)N([C@@H]3CCS(=O)(=O)C3)C2=O)cc1. The lowest BCUT2D eigenvalue weighted by molar-refractivity contribution is -0.123. The van der Waals surface area contributed by atoms with Crippen LogP contribution < -0.4 is 4.74 Å². The molecular weight excluding hydrogens is 539 g/mol. The van der Waals surface area contributed by atoms with Crippen LogP contribution in [0, 0.1) is 5.92 Å². The summed E-state index contributed by atoms with van der Waals surface area (Å²) in [6.45, 7) is 5.00. The molecule has 2 aliphatic rings. The second-order valence-corrected chi connectivity index (χ2v) is 13.8. The van der Waals surface area contributed by atoms with Gasteiger partial charge in [-0.1, -0.05) is 56.0 Å². The fourth-order valence-electron chi connectivity index (χ4n) is 4.47. The summed E-state index contributed by atoms with van der Waals surface area (Å²) in [6, 6.07) is 17.2. The lowest BCUT2D eigenvalue weighted by atomic mass is 10.1. The molecule has 7 nitrogen and oxygen atoms in total. The minimum atomic E-state index is -3.15. The van der Waals surface area contributed by atoms with Crippen molar-refractivity contribution in [1.29, 1.82) is 0 Å². The Balaban J connectivity index is 1.46. The molecule has 0 bridgehead atoms. The number of thiocarbonyl (C=S) groups is 1. The third-order valence-electron chi connectivity index (χ3n) is 6.54. The summed E-state index contributed by atoms with van der Waals surface area (Å²) >= 11 is 6.70. The molecule has 3 aromatic rings. The Morgan fingerprint density at radius 2 is 1.89 bits per heavy atom. The van der Waals surface area contributed by atoms with Gasteiger partial charge >= 0.3 is 0 Å². The number of benzene rings is 2. The van der Waals surface area contributed by atoms with Gasteiger partial charge in [-0.3, -0.25) is 9.69 Å². The van der Waals surface area contributed by atoms with E-state index in [0.717, 1.165) is 34.7 Å². The highest BCUT2D eigenvalue weighted by molar-refractivity contribution is 8.26. The maximum absolute atomic E-state index is 13.3. The Labute approximate surface area is 232 Å². The van der Waals surface area contributed by atoms with Gasteiger partial charge in [-0.15, -0.1) is 0 Å². The van der Waals surface area contributed by atoms with Crippen molar-refractivity contribution in [2.75, 3.05) is 18.1 Å². The Morgan fingerprint density at radius 1 is 1.16 bits per heavy atom. The van der Waals surface area contributed by atoms with Gasteiger partial charge in [-0.05, 0) is 61.2 Å². The van der Waals surface area contributed by atoms with E-state index in [1.165, 1.54) is 16.7 Å². The van der Waals surface area contributed by atoms with Crippen molar-refractivity contribution in [2.24, 2.45) is 5.92 Å². The maximum atomic E-state index is 13.3. The van der Waals surface area contributed by atoms with Crippen LogP contribution in [0.2, 0.25) is 0 Å². The Hall–Kier alpha value is -2.95. The summed E-state index contributed by atoms with van der Waals surface area (Å²) in [5.74, 6) is 1.15. The lowest BCUT2D eigenvalue weighted by Gasteiger charge is -2.20. The summed E-state index contributed by atoms with van der Waals surface area (Å²) < 4.78 is 32.1. The fourth-order valence-corrected chi connectivity index (χ4v) is 7.56. The first kappa shape index (κ1) is 26.6. The average molecular weight is 568 g/mol. The van der Waals surface area contributed by atoms with Crippen LogP contribution in [-0.4, -0.2) is 57.5 Å². The number of para-hydroxylation sites is 1. The number of nitrogens with zero attached hydrogens (tertiary/aromatic N) is 3. The van der Waals surface area contributed by atoms with Gasteiger partial charge in [-0.25, -0.2) is 13.1 Å². The molecule has 0 radical (unpaired) electrons. The highest BCUT2D eigenvalue weighted by Gasteiger charge is 2.42. The number of carbonyl (C=O) groups excluding carboxylic acids is 1.